The van der Waals surface area contributed by atoms with Crippen LogP contribution >= 0.6 is 0 Å². The van der Waals surface area contributed by atoms with Gasteiger partial charge in [-0.1, -0.05) is 24.3 Å². The third-order valence-corrected chi connectivity index (χ3v) is 3.90. The molecule has 3 aromatic rings. The number of pyridine rings is 2. The molecular formula is C21H21N3O2. The van der Waals surface area contributed by atoms with Gasteiger partial charge in [0.15, 0.2) is 0 Å². The standard InChI is InChI=1S/C21H21N3O2/c1-2-26-21(25)19-11-3-4-12-20(19)24(15-17-9-5-7-13-22-17)16-18-10-6-8-14-23-18/h3-14H,2,15-16H2,1H3. The molecule has 2 heterocycles. The van der Waals surface area contributed by atoms with Crippen LogP contribution < -0.4 is 4.90 Å². The van der Waals surface area contributed by atoms with E-state index in [1.807, 2.05) is 54.6 Å². The summed E-state index contributed by atoms with van der Waals surface area (Å²) in [6.07, 6.45) is 3.54. The Labute approximate surface area is 153 Å². The van der Waals surface area contributed by atoms with Crippen LogP contribution in [0.3, 0.4) is 0 Å². The summed E-state index contributed by atoms with van der Waals surface area (Å²) in [5.74, 6) is -0.324. The van der Waals surface area contributed by atoms with Gasteiger partial charge in [-0.3, -0.25) is 9.97 Å². The van der Waals surface area contributed by atoms with E-state index < -0.39 is 0 Å². The molecule has 0 fully saturated rings. The highest BCUT2D eigenvalue weighted by molar-refractivity contribution is 5.95. The van der Waals surface area contributed by atoms with Crippen LogP contribution in [-0.4, -0.2) is 22.5 Å². The average molecular weight is 347 g/mol. The van der Waals surface area contributed by atoms with Crippen molar-refractivity contribution >= 4 is 11.7 Å². The molecule has 0 N–H and O–H groups in total. The summed E-state index contributed by atoms with van der Waals surface area (Å²) in [5.41, 5.74) is 3.19. The zero-order valence-electron chi connectivity index (χ0n) is 14.7. The molecule has 132 valence electrons. The van der Waals surface area contributed by atoms with Gasteiger partial charge in [0, 0.05) is 12.4 Å². The number of ether oxygens (including phenoxy) is 1. The zero-order valence-corrected chi connectivity index (χ0v) is 14.7. The quantitative estimate of drug-likeness (QED) is 0.608. The van der Waals surface area contributed by atoms with Crippen molar-refractivity contribution in [3.63, 3.8) is 0 Å². The number of benzene rings is 1. The predicted octanol–water partition coefficient (Wildman–Crippen LogP) is 3.86. The minimum absolute atomic E-state index is 0.324. The van der Waals surface area contributed by atoms with Crippen molar-refractivity contribution in [1.82, 2.24) is 9.97 Å². The number of rotatable bonds is 7. The highest BCUT2D eigenvalue weighted by Gasteiger charge is 2.18. The maximum atomic E-state index is 12.4. The number of aromatic nitrogens is 2. The maximum Gasteiger partial charge on any atom is 0.340 e. The first-order chi connectivity index (χ1) is 12.8. The molecule has 0 aliphatic heterocycles. The summed E-state index contributed by atoms with van der Waals surface area (Å²) in [6, 6.07) is 19.1. The Balaban J connectivity index is 1.96. The SMILES string of the molecule is CCOC(=O)c1ccccc1N(Cc1ccccn1)Cc1ccccn1. The molecule has 0 unspecified atom stereocenters. The minimum Gasteiger partial charge on any atom is -0.462 e. The van der Waals surface area contributed by atoms with E-state index in [-0.39, 0.29) is 5.97 Å². The van der Waals surface area contributed by atoms with Crippen LogP contribution in [0, 0.1) is 0 Å². The number of hydrogen-bond acceptors (Lipinski definition) is 5. The summed E-state index contributed by atoms with van der Waals surface area (Å²) in [6.45, 7) is 3.27. The molecule has 0 aliphatic carbocycles. The molecule has 26 heavy (non-hydrogen) atoms. The zero-order chi connectivity index (χ0) is 18.2. The van der Waals surface area contributed by atoms with Gasteiger partial charge in [-0.25, -0.2) is 4.79 Å². The Hall–Kier alpha value is -3.21. The first-order valence-electron chi connectivity index (χ1n) is 8.59. The third kappa shape index (κ3) is 4.45. The predicted molar refractivity (Wildman–Crippen MR) is 101 cm³/mol. The van der Waals surface area contributed by atoms with Gasteiger partial charge in [-0.05, 0) is 43.3 Å². The fraction of sp³-hybridized carbons (Fsp3) is 0.190. The van der Waals surface area contributed by atoms with Crippen LogP contribution in [0.4, 0.5) is 5.69 Å². The Kier molecular flexibility index (Phi) is 5.93. The number of esters is 1. The van der Waals surface area contributed by atoms with E-state index in [4.69, 9.17) is 4.74 Å². The average Bonchev–Trinajstić information content (AvgIpc) is 2.69. The van der Waals surface area contributed by atoms with Gasteiger partial charge in [-0.2, -0.15) is 0 Å². The normalized spacial score (nSPS) is 10.3. The number of nitrogens with zero attached hydrogens (tertiary/aromatic N) is 3. The molecule has 0 spiro atoms. The molecule has 0 bridgehead atoms. The Bertz CT molecular complexity index is 797. The van der Waals surface area contributed by atoms with E-state index in [0.29, 0.717) is 25.3 Å². The van der Waals surface area contributed by atoms with E-state index >= 15 is 0 Å². The highest BCUT2D eigenvalue weighted by Crippen LogP contribution is 2.24. The number of carbonyl (C=O) groups excluding carboxylic acids is 1. The Morgan fingerprint density at radius 1 is 0.885 bits per heavy atom. The molecule has 0 atom stereocenters. The van der Waals surface area contributed by atoms with Crippen molar-refractivity contribution in [3.05, 3.63) is 90.0 Å². The lowest BCUT2D eigenvalue weighted by Gasteiger charge is -2.26. The molecule has 0 amide bonds. The van der Waals surface area contributed by atoms with Crippen molar-refractivity contribution < 1.29 is 9.53 Å². The van der Waals surface area contributed by atoms with E-state index in [0.717, 1.165) is 17.1 Å². The van der Waals surface area contributed by atoms with Crippen LogP contribution in [-0.2, 0) is 17.8 Å². The van der Waals surface area contributed by atoms with Crippen molar-refractivity contribution in [2.45, 2.75) is 20.0 Å². The van der Waals surface area contributed by atoms with Crippen LogP contribution in [0.1, 0.15) is 28.7 Å². The van der Waals surface area contributed by atoms with Crippen molar-refractivity contribution in [3.8, 4) is 0 Å². The van der Waals surface area contributed by atoms with Crippen molar-refractivity contribution in [2.75, 3.05) is 11.5 Å². The van der Waals surface area contributed by atoms with Crippen molar-refractivity contribution in [2.24, 2.45) is 0 Å². The van der Waals surface area contributed by atoms with Crippen LogP contribution in [0.5, 0.6) is 0 Å². The Morgan fingerprint density at radius 2 is 1.46 bits per heavy atom. The van der Waals surface area contributed by atoms with Gasteiger partial charge in [0.2, 0.25) is 0 Å². The van der Waals surface area contributed by atoms with E-state index in [9.17, 15) is 4.79 Å². The number of carbonyl (C=O) groups is 1. The molecule has 3 rings (SSSR count). The molecule has 5 heteroatoms. The van der Waals surface area contributed by atoms with Gasteiger partial charge in [0.05, 0.1) is 42.3 Å². The fourth-order valence-electron chi connectivity index (χ4n) is 2.73. The van der Waals surface area contributed by atoms with Crippen LogP contribution in [0.25, 0.3) is 0 Å². The molecule has 0 saturated heterocycles. The molecule has 2 aromatic heterocycles. The highest BCUT2D eigenvalue weighted by atomic mass is 16.5. The van der Waals surface area contributed by atoms with Gasteiger partial charge < -0.3 is 9.64 Å². The van der Waals surface area contributed by atoms with Gasteiger partial charge >= 0.3 is 5.97 Å². The Morgan fingerprint density at radius 3 is 2.00 bits per heavy atom. The molecule has 5 nitrogen and oxygen atoms in total. The van der Waals surface area contributed by atoms with E-state index in [2.05, 4.69) is 14.9 Å². The summed E-state index contributed by atoms with van der Waals surface area (Å²) in [4.78, 5) is 23.3. The lowest BCUT2D eigenvalue weighted by atomic mass is 10.1. The molecule has 0 saturated carbocycles. The number of anilines is 1. The molecule has 0 radical (unpaired) electrons. The number of para-hydroxylation sites is 1. The summed E-state index contributed by atoms with van der Waals surface area (Å²) in [5, 5.41) is 0. The largest absolute Gasteiger partial charge is 0.462 e. The summed E-state index contributed by atoms with van der Waals surface area (Å²) in [7, 11) is 0. The van der Waals surface area contributed by atoms with E-state index in [1.54, 1.807) is 25.4 Å². The molecule has 0 aliphatic rings. The number of hydrogen-bond donors (Lipinski definition) is 0. The van der Waals surface area contributed by atoms with Crippen LogP contribution in [0.2, 0.25) is 0 Å². The maximum absolute atomic E-state index is 12.4. The second kappa shape index (κ2) is 8.76. The first kappa shape index (κ1) is 17.6. The molecular weight excluding hydrogens is 326 g/mol. The lowest BCUT2D eigenvalue weighted by Crippen LogP contribution is -2.25. The monoisotopic (exact) mass is 347 g/mol. The smallest absolute Gasteiger partial charge is 0.340 e. The van der Waals surface area contributed by atoms with Crippen molar-refractivity contribution in [1.29, 1.82) is 0 Å². The fourth-order valence-corrected chi connectivity index (χ4v) is 2.73. The second-order valence-electron chi connectivity index (χ2n) is 5.74. The van der Waals surface area contributed by atoms with E-state index in [1.165, 1.54) is 0 Å². The topological polar surface area (TPSA) is 55.3 Å². The third-order valence-electron chi connectivity index (χ3n) is 3.90. The summed E-state index contributed by atoms with van der Waals surface area (Å²) >= 11 is 0. The minimum atomic E-state index is -0.324. The van der Waals surface area contributed by atoms with Gasteiger partial charge in [0.1, 0.15) is 0 Å². The first-order valence-corrected chi connectivity index (χ1v) is 8.59. The lowest BCUT2D eigenvalue weighted by molar-refractivity contribution is 0.0527. The van der Waals surface area contributed by atoms with Gasteiger partial charge in [-0.15, -0.1) is 0 Å². The van der Waals surface area contributed by atoms with Gasteiger partial charge in [0.25, 0.3) is 0 Å². The summed E-state index contributed by atoms with van der Waals surface area (Å²) < 4.78 is 5.22. The second-order valence-corrected chi connectivity index (χ2v) is 5.74. The van der Waals surface area contributed by atoms with Crippen LogP contribution in [0.15, 0.2) is 73.1 Å². The molecule has 1 aromatic carbocycles.